The van der Waals surface area contributed by atoms with E-state index in [9.17, 15) is 4.79 Å². The van der Waals surface area contributed by atoms with Crippen LogP contribution in [0.25, 0.3) is 0 Å². The smallest absolute Gasteiger partial charge is 0.225 e. The van der Waals surface area contributed by atoms with Gasteiger partial charge in [0, 0.05) is 25.2 Å². The molecule has 0 saturated heterocycles. The lowest BCUT2D eigenvalue weighted by Crippen LogP contribution is -2.36. The van der Waals surface area contributed by atoms with E-state index in [4.69, 9.17) is 11.6 Å². The average Bonchev–Trinajstić information content (AvgIpc) is 3.11. The van der Waals surface area contributed by atoms with Crippen LogP contribution in [0.4, 0.5) is 0 Å². The van der Waals surface area contributed by atoms with Crippen molar-refractivity contribution < 1.29 is 4.79 Å². The normalized spacial score (nSPS) is 19.4. The number of aromatic nitrogens is 1. The van der Waals surface area contributed by atoms with Crippen LogP contribution in [0.1, 0.15) is 24.0 Å². The minimum Gasteiger partial charge on any atom is -0.338 e. The van der Waals surface area contributed by atoms with Crippen LogP contribution in [-0.4, -0.2) is 22.3 Å². The standard InChI is InChI=1S/C12H13ClN2O/c13-11-5-9-3-4-15(7-10(9)6-14-11)12(16)8-1-2-8/h5-6,8H,1-4,7H2. The van der Waals surface area contributed by atoms with Gasteiger partial charge in [-0.25, -0.2) is 4.98 Å². The molecule has 0 unspecified atom stereocenters. The van der Waals surface area contributed by atoms with Crippen molar-refractivity contribution >= 4 is 17.5 Å². The molecule has 2 heterocycles. The second-order valence-electron chi connectivity index (χ2n) is 4.56. The molecule has 0 atom stereocenters. The van der Waals surface area contributed by atoms with Gasteiger partial charge in [-0.05, 0) is 36.5 Å². The number of amides is 1. The lowest BCUT2D eigenvalue weighted by atomic mass is 10.0. The van der Waals surface area contributed by atoms with Gasteiger partial charge in [0.15, 0.2) is 0 Å². The fourth-order valence-electron chi connectivity index (χ4n) is 2.19. The van der Waals surface area contributed by atoms with Crippen LogP contribution in [0.5, 0.6) is 0 Å². The quantitative estimate of drug-likeness (QED) is 0.699. The maximum Gasteiger partial charge on any atom is 0.225 e. The third-order valence-electron chi connectivity index (χ3n) is 3.30. The maximum atomic E-state index is 11.9. The zero-order valence-electron chi connectivity index (χ0n) is 8.95. The first-order valence-corrected chi connectivity index (χ1v) is 6.04. The maximum absolute atomic E-state index is 11.9. The first-order chi connectivity index (χ1) is 7.74. The number of hydrogen-bond donors (Lipinski definition) is 0. The van der Waals surface area contributed by atoms with Gasteiger partial charge in [0.25, 0.3) is 0 Å². The van der Waals surface area contributed by atoms with E-state index in [0.717, 1.165) is 31.4 Å². The van der Waals surface area contributed by atoms with Crippen molar-refractivity contribution in [2.75, 3.05) is 6.54 Å². The van der Waals surface area contributed by atoms with Crippen LogP contribution in [0.15, 0.2) is 12.3 Å². The molecular formula is C12H13ClN2O. The van der Waals surface area contributed by atoms with Gasteiger partial charge >= 0.3 is 0 Å². The van der Waals surface area contributed by atoms with E-state index in [-0.39, 0.29) is 0 Å². The Labute approximate surface area is 99.4 Å². The number of carbonyl (C=O) groups is 1. The number of pyridine rings is 1. The zero-order valence-corrected chi connectivity index (χ0v) is 9.70. The fraction of sp³-hybridized carbons (Fsp3) is 0.500. The molecule has 3 rings (SSSR count). The number of halogens is 1. The van der Waals surface area contributed by atoms with E-state index in [1.807, 2.05) is 11.0 Å². The Bertz CT molecular complexity index is 443. The molecule has 1 amide bonds. The number of hydrogen-bond acceptors (Lipinski definition) is 2. The summed E-state index contributed by atoms with van der Waals surface area (Å²) < 4.78 is 0. The largest absolute Gasteiger partial charge is 0.338 e. The monoisotopic (exact) mass is 236 g/mol. The number of nitrogens with zero attached hydrogens (tertiary/aromatic N) is 2. The summed E-state index contributed by atoms with van der Waals surface area (Å²) in [7, 11) is 0. The fourth-order valence-corrected chi connectivity index (χ4v) is 2.37. The Hall–Kier alpha value is -1.09. The predicted octanol–water partition coefficient (Wildman–Crippen LogP) is 2.03. The summed E-state index contributed by atoms with van der Waals surface area (Å²) in [5, 5.41) is 0.542. The van der Waals surface area contributed by atoms with Crippen LogP contribution < -0.4 is 0 Å². The Morgan fingerprint density at radius 2 is 2.25 bits per heavy atom. The Morgan fingerprint density at radius 1 is 1.44 bits per heavy atom. The van der Waals surface area contributed by atoms with Crippen LogP contribution in [0, 0.1) is 5.92 Å². The van der Waals surface area contributed by atoms with E-state index in [1.54, 1.807) is 6.20 Å². The third kappa shape index (κ3) is 1.80. The molecule has 1 aromatic heterocycles. The molecule has 1 aromatic rings. The van der Waals surface area contributed by atoms with Gasteiger partial charge < -0.3 is 4.90 Å². The molecule has 0 N–H and O–H groups in total. The van der Waals surface area contributed by atoms with Crippen molar-refractivity contribution in [2.45, 2.75) is 25.8 Å². The topological polar surface area (TPSA) is 33.2 Å². The highest BCUT2D eigenvalue weighted by molar-refractivity contribution is 6.29. The second-order valence-corrected chi connectivity index (χ2v) is 4.95. The molecule has 0 aromatic carbocycles. The van der Waals surface area contributed by atoms with Crippen molar-refractivity contribution in [2.24, 2.45) is 5.92 Å². The molecule has 3 nitrogen and oxygen atoms in total. The van der Waals surface area contributed by atoms with E-state index >= 15 is 0 Å². The van der Waals surface area contributed by atoms with Gasteiger partial charge in [-0.15, -0.1) is 0 Å². The van der Waals surface area contributed by atoms with E-state index < -0.39 is 0 Å². The van der Waals surface area contributed by atoms with E-state index in [2.05, 4.69) is 4.98 Å². The van der Waals surface area contributed by atoms with E-state index in [0.29, 0.717) is 23.5 Å². The van der Waals surface area contributed by atoms with Crippen LogP contribution in [-0.2, 0) is 17.8 Å². The number of rotatable bonds is 1. The van der Waals surface area contributed by atoms with E-state index in [1.165, 1.54) is 5.56 Å². The minimum absolute atomic E-state index is 0.307. The minimum atomic E-state index is 0.307. The van der Waals surface area contributed by atoms with Gasteiger partial charge in [-0.3, -0.25) is 4.79 Å². The molecule has 0 bridgehead atoms. The van der Waals surface area contributed by atoms with Crippen molar-refractivity contribution in [3.63, 3.8) is 0 Å². The Balaban J connectivity index is 1.80. The lowest BCUT2D eigenvalue weighted by molar-refractivity contribution is -0.133. The third-order valence-corrected chi connectivity index (χ3v) is 3.51. The molecule has 1 aliphatic carbocycles. The first-order valence-electron chi connectivity index (χ1n) is 5.66. The summed E-state index contributed by atoms with van der Waals surface area (Å²) in [6.45, 7) is 1.53. The molecule has 0 radical (unpaired) electrons. The van der Waals surface area contributed by atoms with Crippen LogP contribution >= 0.6 is 11.6 Å². The Morgan fingerprint density at radius 3 is 3.00 bits per heavy atom. The summed E-state index contributed by atoms with van der Waals surface area (Å²) in [5.74, 6) is 0.627. The summed E-state index contributed by atoms with van der Waals surface area (Å²) in [6, 6.07) is 1.91. The highest BCUT2D eigenvalue weighted by atomic mass is 35.5. The summed E-state index contributed by atoms with van der Waals surface area (Å²) in [5.41, 5.74) is 2.38. The molecular weight excluding hydrogens is 224 g/mol. The molecule has 1 fully saturated rings. The molecule has 16 heavy (non-hydrogen) atoms. The molecule has 1 aliphatic heterocycles. The second kappa shape index (κ2) is 3.74. The highest BCUT2D eigenvalue weighted by Gasteiger charge is 2.34. The first kappa shape index (κ1) is 10.1. The molecule has 4 heteroatoms. The molecule has 0 spiro atoms. The molecule has 2 aliphatic rings. The van der Waals surface area contributed by atoms with Crippen molar-refractivity contribution in [1.82, 2.24) is 9.88 Å². The predicted molar refractivity (Wildman–Crippen MR) is 61.1 cm³/mol. The summed E-state index contributed by atoms with van der Waals surface area (Å²) in [6.07, 6.45) is 4.84. The van der Waals surface area contributed by atoms with Crippen molar-refractivity contribution in [1.29, 1.82) is 0 Å². The van der Waals surface area contributed by atoms with Gasteiger partial charge in [0.2, 0.25) is 5.91 Å². The van der Waals surface area contributed by atoms with Crippen molar-refractivity contribution in [3.05, 3.63) is 28.5 Å². The SMILES string of the molecule is O=C(C1CC1)N1CCc2cc(Cl)ncc2C1. The van der Waals surface area contributed by atoms with Gasteiger partial charge in [0.1, 0.15) is 5.15 Å². The van der Waals surface area contributed by atoms with Gasteiger partial charge in [0.05, 0.1) is 0 Å². The highest BCUT2D eigenvalue weighted by Crippen LogP contribution is 2.32. The number of carbonyl (C=O) groups excluding carboxylic acids is 1. The Kier molecular flexibility index (Phi) is 2.36. The molecule has 1 saturated carbocycles. The van der Waals surface area contributed by atoms with Gasteiger partial charge in [-0.1, -0.05) is 11.6 Å². The van der Waals surface area contributed by atoms with Crippen LogP contribution in [0.2, 0.25) is 5.15 Å². The molecule has 84 valence electrons. The van der Waals surface area contributed by atoms with Gasteiger partial charge in [-0.2, -0.15) is 0 Å². The number of fused-ring (bicyclic) bond motifs is 1. The zero-order chi connectivity index (χ0) is 11.1. The van der Waals surface area contributed by atoms with Crippen LogP contribution in [0.3, 0.4) is 0 Å². The summed E-state index contributed by atoms with van der Waals surface area (Å²) in [4.78, 5) is 17.9. The lowest BCUT2D eigenvalue weighted by Gasteiger charge is -2.28. The average molecular weight is 237 g/mol. The van der Waals surface area contributed by atoms with Crippen molar-refractivity contribution in [3.8, 4) is 0 Å². The summed E-state index contributed by atoms with van der Waals surface area (Å²) >= 11 is 5.84.